The topological polar surface area (TPSA) is 131 Å². The van der Waals surface area contributed by atoms with E-state index in [-0.39, 0.29) is 23.8 Å². The number of rotatable bonds is 5. The highest BCUT2D eigenvalue weighted by Gasteiger charge is 2.28. The van der Waals surface area contributed by atoms with Gasteiger partial charge in [0.25, 0.3) is 11.7 Å². The van der Waals surface area contributed by atoms with E-state index in [0.717, 1.165) is 11.4 Å². The smallest absolute Gasteiger partial charge is 0.295 e. The van der Waals surface area contributed by atoms with Crippen LogP contribution < -0.4 is 10.2 Å². The van der Waals surface area contributed by atoms with E-state index in [1.54, 1.807) is 12.1 Å². The highest BCUT2D eigenvalue weighted by atomic mass is 32.2. The van der Waals surface area contributed by atoms with Crippen molar-refractivity contribution in [3.63, 3.8) is 0 Å². The van der Waals surface area contributed by atoms with Crippen LogP contribution in [0.4, 0.5) is 11.4 Å². The van der Waals surface area contributed by atoms with Crippen molar-refractivity contribution < 1.29 is 22.7 Å². The number of ether oxygens (including phenoxy) is 2. The van der Waals surface area contributed by atoms with Gasteiger partial charge in [0.1, 0.15) is 0 Å². The first-order valence-corrected chi connectivity index (χ1v) is 12.8. The Morgan fingerprint density at radius 3 is 2.37 bits per heavy atom. The molecule has 2 saturated heterocycles. The van der Waals surface area contributed by atoms with Gasteiger partial charge in [-0.05, 0) is 38.1 Å². The molecule has 0 unspecified atom stereocenters. The van der Waals surface area contributed by atoms with Crippen LogP contribution in [0.2, 0.25) is 0 Å². The summed E-state index contributed by atoms with van der Waals surface area (Å²) in [5.41, 5.74) is 2.64. The molecule has 2 aliphatic rings. The Morgan fingerprint density at radius 2 is 1.66 bits per heavy atom. The van der Waals surface area contributed by atoms with E-state index in [9.17, 15) is 13.2 Å². The van der Waals surface area contributed by atoms with Gasteiger partial charge in [-0.3, -0.25) is 4.79 Å². The fourth-order valence-corrected chi connectivity index (χ4v) is 5.67. The van der Waals surface area contributed by atoms with Crippen LogP contribution in [0.25, 0.3) is 5.78 Å². The number of nitrogens with zero attached hydrogens (tertiary/aromatic N) is 6. The first-order chi connectivity index (χ1) is 16.8. The highest BCUT2D eigenvalue weighted by Crippen LogP contribution is 2.31. The number of hydrogen-bond donors (Lipinski definition) is 1. The average Bonchev–Trinajstić information content (AvgIpc) is 3.30. The summed E-state index contributed by atoms with van der Waals surface area (Å²) in [6.45, 7) is 7.28. The maximum atomic E-state index is 13.3. The van der Waals surface area contributed by atoms with Crippen molar-refractivity contribution in [1.29, 1.82) is 0 Å². The number of amides is 1. The van der Waals surface area contributed by atoms with Crippen LogP contribution in [-0.4, -0.2) is 90.8 Å². The molecule has 2 aliphatic heterocycles. The number of aryl methyl sites for hydroxylation is 2. The molecule has 0 radical (unpaired) electrons. The number of benzene rings is 1. The monoisotopic (exact) mass is 501 g/mol. The van der Waals surface area contributed by atoms with Gasteiger partial charge in [0, 0.05) is 37.6 Å². The molecule has 1 N–H and O–H groups in total. The Balaban J connectivity index is 1.50. The lowest BCUT2D eigenvalue weighted by Crippen LogP contribution is -2.40. The van der Waals surface area contributed by atoms with Crippen LogP contribution in [0, 0.1) is 13.8 Å². The lowest BCUT2D eigenvalue weighted by atomic mass is 10.2. The number of morpholine rings is 2. The average molecular weight is 502 g/mol. The van der Waals surface area contributed by atoms with Crippen molar-refractivity contribution >= 4 is 33.1 Å². The maximum Gasteiger partial charge on any atom is 0.295 e. The number of aromatic nitrogens is 4. The second kappa shape index (κ2) is 9.49. The molecule has 0 bridgehead atoms. The largest absolute Gasteiger partial charge is 0.379 e. The summed E-state index contributed by atoms with van der Waals surface area (Å²) in [6.07, 6.45) is 0. The molecule has 2 fully saturated rings. The van der Waals surface area contributed by atoms with Gasteiger partial charge < -0.3 is 19.7 Å². The Kier molecular flexibility index (Phi) is 6.40. The molecule has 35 heavy (non-hydrogen) atoms. The molecule has 0 saturated carbocycles. The quantitative estimate of drug-likeness (QED) is 0.540. The molecule has 0 spiro atoms. The maximum absolute atomic E-state index is 13.3. The van der Waals surface area contributed by atoms with Gasteiger partial charge in [-0.15, -0.1) is 5.10 Å². The molecule has 2 aromatic heterocycles. The number of nitrogens with one attached hydrogen (secondary N) is 1. The van der Waals surface area contributed by atoms with E-state index in [1.165, 1.54) is 14.9 Å². The molecule has 1 aromatic carbocycles. The van der Waals surface area contributed by atoms with E-state index in [1.807, 2.05) is 19.9 Å². The normalized spacial score (nSPS) is 17.6. The lowest BCUT2D eigenvalue weighted by molar-refractivity contribution is 0.0730. The zero-order chi connectivity index (χ0) is 24.6. The van der Waals surface area contributed by atoms with Crippen molar-refractivity contribution in [2.45, 2.75) is 18.7 Å². The van der Waals surface area contributed by atoms with Crippen LogP contribution in [0.5, 0.6) is 0 Å². The van der Waals surface area contributed by atoms with E-state index < -0.39 is 15.9 Å². The van der Waals surface area contributed by atoms with Crippen molar-refractivity contribution in [2.75, 3.05) is 62.8 Å². The Morgan fingerprint density at radius 1 is 0.971 bits per heavy atom. The second-order valence-corrected chi connectivity index (χ2v) is 10.4. The number of anilines is 2. The minimum Gasteiger partial charge on any atom is -0.379 e. The summed E-state index contributed by atoms with van der Waals surface area (Å²) in [4.78, 5) is 23.9. The fourth-order valence-electron chi connectivity index (χ4n) is 4.23. The number of carbonyl (C=O) groups is 1. The highest BCUT2D eigenvalue weighted by molar-refractivity contribution is 7.89. The van der Waals surface area contributed by atoms with Crippen LogP contribution in [0.1, 0.15) is 22.0 Å². The molecule has 5 rings (SSSR count). The molecule has 1 amide bonds. The minimum absolute atomic E-state index is 0.0550. The van der Waals surface area contributed by atoms with Gasteiger partial charge in [-0.1, -0.05) is 0 Å². The van der Waals surface area contributed by atoms with E-state index in [2.05, 4.69) is 25.3 Å². The zero-order valence-electron chi connectivity index (χ0n) is 19.6. The zero-order valence-corrected chi connectivity index (χ0v) is 20.4. The molecule has 186 valence electrons. The number of hydrogen-bond acceptors (Lipinski definition) is 9. The third-order valence-electron chi connectivity index (χ3n) is 6.00. The predicted molar refractivity (Wildman–Crippen MR) is 127 cm³/mol. The lowest BCUT2D eigenvalue weighted by Gasteiger charge is -2.31. The fraction of sp³-hybridized carbons (Fsp3) is 0.455. The molecular formula is C22H27N7O5S. The summed E-state index contributed by atoms with van der Waals surface area (Å²) < 4.78 is 40.2. The molecule has 4 heterocycles. The van der Waals surface area contributed by atoms with Crippen LogP contribution in [0.3, 0.4) is 0 Å². The molecule has 12 nitrogen and oxygen atoms in total. The van der Waals surface area contributed by atoms with Crippen LogP contribution in [0.15, 0.2) is 29.2 Å². The van der Waals surface area contributed by atoms with Crippen LogP contribution >= 0.6 is 0 Å². The van der Waals surface area contributed by atoms with Gasteiger partial charge in [-0.2, -0.15) is 9.29 Å². The standard InChI is InChI=1S/C22H27N7O5S/c1-15-13-16(2)29-22(23-15)25-20(26-29)21(30)24-18-14-17(35(31,32)28-7-11-34-12-8-28)3-4-19(18)27-5-9-33-10-6-27/h3-4,13-14H,5-12H2,1-2H3,(H,24,30). The van der Waals surface area contributed by atoms with E-state index in [4.69, 9.17) is 9.47 Å². The minimum atomic E-state index is -3.75. The van der Waals surface area contributed by atoms with Crippen molar-refractivity contribution in [3.05, 3.63) is 41.5 Å². The van der Waals surface area contributed by atoms with Crippen molar-refractivity contribution in [1.82, 2.24) is 23.9 Å². The number of fused-ring (bicyclic) bond motifs is 1. The van der Waals surface area contributed by atoms with Gasteiger partial charge in [0.2, 0.25) is 15.8 Å². The van der Waals surface area contributed by atoms with Gasteiger partial charge in [0.05, 0.1) is 42.7 Å². The summed E-state index contributed by atoms with van der Waals surface area (Å²) in [7, 11) is -3.75. The molecule has 3 aromatic rings. The second-order valence-electron chi connectivity index (χ2n) is 8.44. The van der Waals surface area contributed by atoms with Crippen molar-refractivity contribution in [2.24, 2.45) is 0 Å². The van der Waals surface area contributed by atoms with Gasteiger partial charge in [0.15, 0.2) is 0 Å². The SMILES string of the molecule is Cc1cc(C)n2nc(C(=O)Nc3cc(S(=O)(=O)N4CCOCC4)ccc3N3CCOCC3)nc2n1. The van der Waals surface area contributed by atoms with Crippen LogP contribution in [-0.2, 0) is 19.5 Å². The summed E-state index contributed by atoms with van der Waals surface area (Å²) >= 11 is 0. The van der Waals surface area contributed by atoms with E-state index in [0.29, 0.717) is 56.7 Å². The molecule has 13 heteroatoms. The molecule has 0 aliphatic carbocycles. The first kappa shape index (κ1) is 23.6. The first-order valence-electron chi connectivity index (χ1n) is 11.4. The molecule has 0 atom stereocenters. The predicted octanol–water partition coefficient (Wildman–Crippen LogP) is 0.851. The van der Waals surface area contributed by atoms with Gasteiger partial charge >= 0.3 is 0 Å². The molecular weight excluding hydrogens is 474 g/mol. The van der Waals surface area contributed by atoms with E-state index >= 15 is 0 Å². The third kappa shape index (κ3) is 4.72. The summed E-state index contributed by atoms with van der Waals surface area (Å²) in [5.74, 6) is -0.284. The van der Waals surface area contributed by atoms with Gasteiger partial charge in [-0.25, -0.2) is 17.9 Å². The van der Waals surface area contributed by atoms with Crippen molar-refractivity contribution in [3.8, 4) is 0 Å². The third-order valence-corrected chi connectivity index (χ3v) is 7.89. The Bertz CT molecular complexity index is 1360. The Hall–Kier alpha value is -3.13. The summed E-state index contributed by atoms with van der Waals surface area (Å²) in [6, 6.07) is 6.64. The number of carbonyl (C=O) groups excluding carboxylic acids is 1. The Labute approximate surface area is 202 Å². The number of sulfonamides is 1. The summed E-state index contributed by atoms with van der Waals surface area (Å²) in [5, 5.41) is 7.13.